The molecule has 4 N–H and O–H groups in total. The third-order valence-corrected chi connectivity index (χ3v) is 6.22. The largest absolute Gasteiger partial charge is 0.383 e. The van der Waals surface area contributed by atoms with Crippen molar-refractivity contribution in [3.8, 4) is 0 Å². The van der Waals surface area contributed by atoms with E-state index < -0.39 is 32.7 Å². The number of hydrogen-bond donors (Lipinski definition) is 3. The second-order valence-electron chi connectivity index (χ2n) is 8.24. The monoisotopic (exact) mass is 451 g/mol. The number of hydrogen-bond acceptors (Lipinski definition) is 6. The van der Waals surface area contributed by atoms with Crippen LogP contribution in [0, 0.1) is 0 Å². The third kappa shape index (κ3) is 5.61. The van der Waals surface area contributed by atoms with Gasteiger partial charge in [-0.05, 0) is 51.5 Å². The Bertz CT molecular complexity index is 1170. The zero-order valence-corrected chi connectivity index (χ0v) is 19.2. The van der Waals surface area contributed by atoms with E-state index in [1.54, 1.807) is 20.8 Å². The SMILES string of the molecule is CCCCn1c(N)c(N(C)C(=O)c2ccc(S(=O)(=O)NC(C)(C)C)cc2)c(=O)[nH]c1=O. The molecule has 0 radical (unpaired) electrons. The van der Waals surface area contributed by atoms with Crippen LogP contribution in [0.5, 0.6) is 0 Å². The van der Waals surface area contributed by atoms with Gasteiger partial charge in [0, 0.05) is 24.7 Å². The van der Waals surface area contributed by atoms with Gasteiger partial charge in [0.05, 0.1) is 4.90 Å². The van der Waals surface area contributed by atoms with Crippen molar-refractivity contribution in [1.82, 2.24) is 14.3 Å². The summed E-state index contributed by atoms with van der Waals surface area (Å²) < 4.78 is 28.6. The number of anilines is 2. The van der Waals surface area contributed by atoms with Crippen molar-refractivity contribution in [1.29, 1.82) is 0 Å². The number of carbonyl (C=O) groups excluding carboxylic acids is 1. The first kappa shape index (κ1) is 24.4. The van der Waals surface area contributed by atoms with Gasteiger partial charge in [0.25, 0.3) is 11.5 Å². The Morgan fingerprint density at radius 3 is 2.29 bits per heavy atom. The number of nitrogen functional groups attached to an aromatic ring is 1. The number of aromatic nitrogens is 2. The second kappa shape index (κ2) is 9.06. The first-order valence-electron chi connectivity index (χ1n) is 9.83. The molecule has 0 aliphatic rings. The second-order valence-corrected chi connectivity index (χ2v) is 9.92. The Kier molecular flexibility index (Phi) is 7.12. The zero-order valence-electron chi connectivity index (χ0n) is 18.4. The number of benzene rings is 1. The van der Waals surface area contributed by atoms with Crippen LogP contribution in [0.15, 0.2) is 38.8 Å². The van der Waals surface area contributed by atoms with Crippen LogP contribution in [0.3, 0.4) is 0 Å². The molecule has 1 aromatic heterocycles. The van der Waals surface area contributed by atoms with Gasteiger partial charge in [0.2, 0.25) is 10.0 Å². The smallest absolute Gasteiger partial charge is 0.330 e. The van der Waals surface area contributed by atoms with Crippen LogP contribution in [0.25, 0.3) is 0 Å². The molecule has 1 aromatic carbocycles. The molecule has 2 aromatic rings. The summed E-state index contributed by atoms with van der Waals surface area (Å²) in [6, 6.07) is 5.33. The number of aromatic amines is 1. The van der Waals surface area contributed by atoms with Crippen molar-refractivity contribution in [2.75, 3.05) is 17.7 Å². The summed E-state index contributed by atoms with van der Waals surface area (Å²) in [5.41, 5.74) is 3.98. The number of carbonyl (C=O) groups is 1. The summed E-state index contributed by atoms with van der Waals surface area (Å²) in [5.74, 6) is -0.683. The topological polar surface area (TPSA) is 147 Å². The van der Waals surface area contributed by atoms with Crippen LogP contribution in [0.4, 0.5) is 11.5 Å². The Labute approximate surface area is 181 Å². The number of sulfonamides is 1. The highest BCUT2D eigenvalue weighted by Gasteiger charge is 2.24. The number of nitrogens with two attached hydrogens (primary N) is 1. The lowest BCUT2D eigenvalue weighted by atomic mass is 10.1. The van der Waals surface area contributed by atoms with Gasteiger partial charge in [-0.15, -0.1) is 0 Å². The standard InChI is InChI=1S/C20H29N5O5S/c1-6-7-12-25-16(21)15(17(26)22-19(25)28)24(5)18(27)13-8-10-14(11-9-13)31(29,30)23-20(2,3)4/h8-11,23H,6-7,12,21H2,1-5H3,(H,22,26,28). The van der Waals surface area contributed by atoms with Crippen LogP contribution < -0.4 is 26.6 Å². The highest BCUT2D eigenvalue weighted by molar-refractivity contribution is 7.89. The van der Waals surface area contributed by atoms with Gasteiger partial charge in [0.15, 0.2) is 5.69 Å². The lowest BCUT2D eigenvalue weighted by Crippen LogP contribution is -2.40. The fourth-order valence-electron chi connectivity index (χ4n) is 2.97. The molecule has 11 heteroatoms. The van der Waals surface area contributed by atoms with Gasteiger partial charge >= 0.3 is 5.69 Å². The van der Waals surface area contributed by atoms with E-state index in [4.69, 9.17) is 5.73 Å². The van der Waals surface area contributed by atoms with E-state index in [-0.39, 0.29) is 22.0 Å². The maximum absolute atomic E-state index is 12.9. The summed E-state index contributed by atoms with van der Waals surface area (Å²) in [4.78, 5) is 40.6. The Morgan fingerprint density at radius 2 is 1.77 bits per heavy atom. The lowest BCUT2D eigenvalue weighted by Gasteiger charge is -2.21. The molecule has 1 heterocycles. The average Bonchev–Trinajstić information content (AvgIpc) is 2.65. The van der Waals surface area contributed by atoms with Crippen LogP contribution >= 0.6 is 0 Å². The van der Waals surface area contributed by atoms with Crippen molar-refractivity contribution in [2.45, 2.75) is 57.5 Å². The van der Waals surface area contributed by atoms with Gasteiger partial charge < -0.3 is 10.6 Å². The number of H-pyrrole nitrogens is 1. The van der Waals surface area contributed by atoms with E-state index in [2.05, 4.69) is 9.71 Å². The molecule has 0 atom stereocenters. The van der Waals surface area contributed by atoms with Crippen LogP contribution in [-0.2, 0) is 16.6 Å². The minimum atomic E-state index is -3.75. The number of rotatable bonds is 7. The number of nitrogens with one attached hydrogen (secondary N) is 2. The first-order valence-corrected chi connectivity index (χ1v) is 11.3. The van der Waals surface area contributed by atoms with Crippen LogP contribution in [0.2, 0.25) is 0 Å². The molecule has 2 rings (SSSR count). The third-order valence-electron chi connectivity index (χ3n) is 4.44. The van der Waals surface area contributed by atoms with Crippen molar-refractivity contribution in [3.63, 3.8) is 0 Å². The molecule has 31 heavy (non-hydrogen) atoms. The van der Waals surface area contributed by atoms with Gasteiger partial charge in [0.1, 0.15) is 5.82 Å². The number of nitrogens with zero attached hydrogens (tertiary/aromatic N) is 2. The first-order chi connectivity index (χ1) is 14.3. The normalized spacial score (nSPS) is 12.0. The zero-order chi connectivity index (χ0) is 23.6. The van der Waals surface area contributed by atoms with Crippen molar-refractivity contribution in [3.05, 3.63) is 50.7 Å². The molecule has 0 saturated heterocycles. The quantitative estimate of drug-likeness (QED) is 0.577. The average molecular weight is 452 g/mol. The molecule has 0 fully saturated rings. The highest BCUT2D eigenvalue weighted by Crippen LogP contribution is 2.19. The fraction of sp³-hybridized carbons (Fsp3) is 0.450. The Morgan fingerprint density at radius 1 is 1.19 bits per heavy atom. The van der Waals surface area contributed by atoms with Gasteiger partial charge in [-0.3, -0.25) is 19.1 Å². The molecule has 0 spiro atoms. The van der Waals surface area contributed by atoms with E-state index in [9.17, 15) is 22.8 Å². The number of amides is 1. The summed E-state index contributed by atoms with van der Waals surface area (Å²) in [6.45, 7) is 7.42. The molecular weight excluding hydrogens is 422 g/mol. The molecule has 1 amide bonds. The van der Waals surface area contributed by atoms with E-state index in [0.717, 1.165) is 11.3 Å². The predicted molar refractivity (Wildman–Crippen MR) is 120 cm³/mol. The molecule has 170 valence electrons. The number of unbranched alkanes of at least 4 members (excludes halogenated alkanes) is 1. The Balaban J connectivity index is 2.38. The molecule has 0 bridgehead atoms. The summed E-state index contributed by atoms with van der Waals surface area (Å²) in [6.07, 6.45) is 1.49. The van der Waals surface area contributed by atoms with Gasteiger partial charge in [-0.1, -0.05) is 13.3 Å². The molecular formula is C20H29N5O5S. The maximum atomic E-state index is 12.9. The van der Waals surface area contributed by atoms with E-state index in [0.29, 0.717) is 13.0 Å². The van der Waals surface area contributed by atoms with E-state index in [1.165, 1.54) is 35.9 Å². The minimum absolute atomic E-state index is 0.00658. The summed E-state index contributed by atoms with van der Waals surface area (Å²) in [7, 11) is -2.39. The summed E-state index contributed by atoms with van der Waals surface area (Å²) in [5, 5.41) is 0. The molecule has 0 aliphatic heterocycles. The van der Waals surface area contributed by atoms with Crippen LogP contribution in [-0.4, -0.2) is 36.5 Å². The van der Waals surface area contributed by atoms with E-state index >= 15 is 0 Å². The van der Waals surface area contributed by atoms with E-state index in [1.807, 2.05) is 6.92 Å². The van der Waals surface area contributed by atoms with Crippen molar-refractivity contribution in [2.24, 2.45) is 0 Å². The van der Waals surface area contributed by atoms with Crippen LogP contribution in [0.1, 0.15) is 50.9 Å². The Hall–Kier alpha value is -2.92. The summed E-state index contributed by atoms with van der Waals surface area (Å²) >= 11 is 0. The highest BCUT2D eigenvalue weighted by atomic mass is 32.2. The van der Waals surface area contributed by atoms with Crippen molar-refractivity contribution < 1.29 is 13.2 Å². The molecule has 0 saturated carbocycles. The lowest BCUT2D eigenvalue weighted by molar-refractivity contribution is 0.0992. The predicted octanol–water partition coefficient (Wildman–Crippen LogP) is 1.27. The molecule has 10 nitrogen and oxygen atoms in total. The molecule has 0 aliphatic carbocycles. The van der Waals surface area contributed by atoms with Gasteiger partial charge in [-0.25, -0.2) is 17.9 Å². The maximum Gasteiger partial charge on any atom is 0.330 e. The van der Waals surface area contributed by atoms with Crippen molar-refractivity contribution >= 4 is 27.4 Å². The van der Waals surface area contributed by atoms with Gasteiger partial charge in [-0.2, -0.15) is 0 Å². The minimum Gasteiger partial charge on any atom is -0.383 e. The molecule has 0 unspecified atom stereocenters. The fourth-order valence-corrected chi connectivity index (χ4v) is 4.39.